The molecule has 5 heteroatoms. The fraction of sp³-hybridized carbons (Fsp3) is 0.600. The Balaban J connectivity index is 0. The van der Waals surface area contributed by atoms with Gasteiger partial charge in [-0.15, -0.1) is 0 Å². The van der Waals surface area contributed by atoms with E-state index in [9.17, 15) is 13.0 Å². The Morgan fingerprint density at radius 1 is 1.10 bits per heavy atom. The summed E-state index contributed by atoms with van der Waals surface area (Å²) in [6.45, 7) is 8.98. The molecule has 0 amide bonds. The zero-order chi connectivity index (χ0) is 16.0. The summed E-state index contributed by atoms with van der Waals surface area (Å²) in [7, 11) is -4.25. The average Bonchev–Trinajstić information content (AvgIpc) is 2.36. The molecule has 4 nitrogen and oxygen atoms in total. The van der Waals surface area contributed by atoms with Crippen molar-refractivity contribution in [3.05, 3.63) is 30.3 Å². The number of unbranched alkanes of at least 4 members (excludes halogenated alkanes) is 2. The Morgan fingerprint density at radius 2 is 1.55 bits per heavy atom. The van der Waals surface area contributed by atoms with Gasteiger partial charge in [-0.1, -0.05) is 58.7 Å². The minimum absolute atomic E-state index is 0.185. The van der Waals surface area contributed by atoms with Crippen LogP contribution in [0.15, 0.2) is 35.2 Å². The van der Waals surface area contributed by atoms with Crippen LogP contribution in [0, 0.1) is 5.92 Å². The summed E-state index contributed by atoms with van der Waals surface area (Å²) in [5, 5.41) is 8.20. The van der Waals surface area contributed by atoms with E-state index in [1.165, 1.54) is 30.7 Å². The quantitative estimate of drug-likeness (QED) is 0.683. The first-order chi connectivity index (χ1) is 9.25. The van der Waals surface area contributed by atoms with Crippen LogP contribution in [0.5, 0.6) is 0 Å². The highest BCUT2D eigenvalue weighted by atomic mass is 32.2. The first kappa shape index (κ1) is 21.4. The number of benzene rings is 1. The zero-order valence-electron chi connectivity index (χ0n) is 12.9. The van der Waals surface area contributed by atoms with Gasteiger partial charge in [0.1, 0.15) is 10.1 Å². The van der Waals surface area contributed by atoms with E-state index in [-0.39, 0.29) is 4.90 Å². The molecule has 0 unspecified atom stereocenters. The SMILES string of the molecule is CC(C)C.CCCCCO.O=S(=O)([O-])c1ccccc1. The van der Waals surface area contributed by atoms with Gasteiger partial charge in [-0.2, -0.15) is 0 Å². The van der Waals surface area contributed by atoms with Crippen molar-refractivity contribution in [2.45, 2.75) is 51.9 Å². The maximum Gasteiger partial charge on any atom is 0.124 e. The van der Waals surface area contributed by atoms with E-state index >= 15 is 0 Å². The molecule has 0 aliphatic heterocycles. The molecule has 20 heavy (non-hydrogen) atoms. The van der Waals surface area contributed by atoms with E-state index in [4.69, 9.17) is 5.11 Å². The first-order valence-corrected chi connectivity index (χ1v) is 8.28. The molecule has 0 aliphatic carbocycles. The summed E-state index contributed by atoms with van der Waals surface area (Å²) in [4.78, 5) is -0.185. The van der Waals surface area contributed by atoms with E-state index in [1.807, 2.05) is 0 Å². The maximum absolute atomic E-state index is 10.3. The van der Waals surface area contributed by atoms with Crippen LogP contribution in [0.2, 0.25) is 0 Å². The Labute approximate surface area is 123 Å². The Bertz CT molecular complexity index is 392. The van der Waals surface area contributed by atoms with Gasteiger partial charge in [-0.25, -0.2) is 8.42 Å². The van der Waals surface area contributed by atoms with Crippen molar-refractivity contribution in [1.82, 2.24) is 0 Å². The van der Waals surface area contributed by atoms with Crippen LogP contribution < -0.4 is 0 Å². The summed E-state index contributed by atoms with van der Waals surface area (Å²) in [5.41, 5.74) is 0. The average molecular weight is 303 g/mol. The van der Waals surface area contributed by atoms with Gasteiger partial charge in [0.05, 0.1) is 4.90 Å². The molecule has 0 saturated carbocycles. The number of aliphatic hydroxyl groups is 1. The molecule has 1 aromatic rings. The van der Waals surface area contributed by atoms with Gasteiger partial charge in [0.2, 0.25) is 0 Å². The fourth-order valence-electron chi connectivity index (χ4n) is 0.949. The van der Waals surface area contributed by atoms with Crippen LogP contribution >= 0.6 is 0 Å². The lowest BCUT2D eigenvalue weighted by molar-refractivity contribution is 0.284. The molecule has 0 aromatic heterocycles. The standard InChI is InChI=1S/C6H6O3S.C5H12O.C4H10/c7-10(8,9)6-4-2-1-3-5-6;1-2-3-4-5-6;1-4(2)3/h1-5H,(H,7,8,9);6H,2-5H2,1H3;4H,1-3H3/p-1. The van der Waals surface area contributed by atoms with Gasteiger partial charge in [0.15, 0.2) is 0 Å². The second-order valence-corrected chi connectivity index (χ2v) is 6.31. The van der Waals surface area contributed by atoms with Crippen molar-refractivity contribution in [3.63, 3.8) is 0 Å². The van der Waals surface area contributed by atoms with Gasteiger partial charge in [0.25, 0.3) is 0 Å². The largest absolute Gasteiger partial charge is 0.744 e. The number of aliphatic hydroxyl groups excluding tert-OH is 1. The third-order valence-electron chi connectivity index (χ3n) is 1.79. The lowest BCUT2D eigenvalue weighted by Crippen LogP contribution is -1.96. The molecular weight excluding hydrogens is 276 g/mol. The molecule has 1 aromatic carbocycles. The molecule has 0 heterocycles. The predicted molar refractivity (Wildman–Crippen MR) is 81.5 cm³/mol. The van der Waals surface area contributed by atoms with Crippen LogP contribution in [0.25, 0.3) is 0 Å². The van der Waals surface area contributed by atoms with Crippen molar-refractivity contribution in [1.29, 1.82) is 0 Å². The molecule has 0 atom stereocenters. The van der Waals surface area contributed by atoms with Crippen molar-refractivity contribution in [2.24, 2.45) is 5.92 Å². The van der Waals surface area contributed by atoms with Crippen molar-refractivity contribution >= 4 is 10.1 Å². The highest BCUT2D eigenvalue weighted by Gasteiger charge is 1.95. The van der Waals surface area contributed by atoms with Crippen molar-refractivity contribution < 1.29 is 18.1 Å². The highest BCUT2D eigenvalue weighted by Crippen LogP contribution is 2.04. The number of hydrogen-bond acceptors (Lipinski definition) is 4. The molecule has 0 saturated heterocycles. The zero-order valence-corrected chi connectivity index (χ0v) is 13.7. The van der Waals surface area contributed by atoms with Crippen LogP contribution in [-0.2, 0) is 10.1 Å². The summed E-state index contributed by atoms with van der Waals surface area (Å²) in [6, 6.07) is 7.19. The molecule has 0 radical (unpaired) electrons. The minimum Gasteiger partial charge on any atom is -0.744 e. The van der Waals surface area contributed by atoms with Gasteiger partial charge in [0, 0.05) is 6.61 Å². The van der Waals surface area contributed by atoms with Gasteiger partial charge < -0.3 is 9.66 Å². The van der Waals surface area contributed by atoms with E-state index in [2.05, 4.69) is 27.7 Å². The van der Waals surface area contributed by atoms with Crippen LogP contribution in [0.3, 0.4) is 0 Å². The van der Waals surface area contributed by atoms with Crippen LogP contribution in [-0.4, -0.2) is 24.7 Å². The third kappa shape index (κ3) is 17.1. The van der Waals surface area contributed by atoms with Crippen molar-refractivity contribution in [3.8, 4) is 0 Å². The predicted octanol–water partition coefficient (Wildman–Crippen LogP) is 3.42. The van der Waals surface area contributed by atoms with Crippen LogP contribution in [0.1, 0.15) is 47.0 Å². The second kappa shape index (κ2) is 13.1. The molecule has 0 aliphatic rings. The second-order valence-electron chi connectivity index (χ2n) is 4.93. The fourth-order valence-corrected chi connectivity index (χ4v) is 1.44. The van der Waals surface area contributed by atoms with Crippen molar-refractivity contribution in [2.75, 3.05) is 6.61 Å². The highest BCUT2D eigenvalue weighted by molar-refractivity contribution is 7.85. The topological polar surface area (TPSA) is 77.4 Å². The molecule has 1 rings (SSSR count). The molecule has 0 fully saturated rings. The summed E-state index contributed by atoms with van der Waals surface area (Å²) in [6.07, 6.45) is 3.33. The molecule has 118 valence electrons. The lowest BCUT2D eigenvalue weighted by Gasteiger charge is -2.04. The third-order valence-corrected chi connectivity index (χ3v) is 2.64. The van der Waals surface area contributed by atoms with E-state index in [0.717, 1.165) is 18.8 Å². The first-order valence-electron chi connectivity index (χ1n) is 6.87. The maximum atomic E-state index is 10.3. The lowest BCUT2D eigenvalue weighted by atomic mass is 10.3. The summed E-state index contributed by atoms with van der Waals surface area (Å²) in [5.74, 6) is 0.833. The molecule has 0 bridgehead atoms. The summed E-state index contributed by atoms with van der Waals surface area (Å²) >= 11 is 0. The van der Waals surface area contributed by atoms with Gasteiger partial charge >= 0.3 is 0 Å². The van der Waals surface area contributed by atoms with Gasteiger partial charge in [-0.05, 0) is 24.5 Å². The Kier molecular flexibility index (Phi) is 14.0. The number of rotatable bonds is 4. The monoisotopic (exact) mass is 303 g/mol. The number of hydrogen-bond donors (Lipinski definition) is 1. The molecule has 1 N–H and O–H groups in total. The van der Waals surface area contributed by atoms with E-state index in [1.54, 1.807) is 6.07 Å². The normalized spacial score (nSPS) is 10.2. The van der Waals surface area contributed by atoms with Crippen LogP contribution in [0.4, 0.5) is 0 Å². The Morgan fingerprint density at radius 3 is 1.75 bits per heavy atom. The minimum atomic E-state index is -4.25. The van der Waals surface area contributed by atoms with Gasteiger partial charge in [-0.3, -0.25) is 0 Å². The molecule has 0 spiro atoms. The van der Waals surface area contributed by atoms with E-state index in [0.29, 0.717) is 6.61 Å². The smallest absolute Gasteiger partial charge is 0.124 e. The van der Waals surface area contributed by atoms with E-state index < -0.39 is 10.1 Å². The summed E-state index contributed by atoms with van der Waals surface area (Å²) < 4.78 is 30.8. The molecular formula is C15H27O4S-. The Hall–Kier alpha value is -0.910.